The van der Waals surface area contributed by atoms with Gasteiger partial charge in [-0.15, -0.1) is 0 Å². The Kier molecular flexibility index (Phi) is 4.81. The van der Waals surface area contributed by atoms with E-state index in [2.05, 4.69) is 14.8 Å². The fraction of sp³-hybridized carbons (Fsp3) is 0.312. The molecule has 0 atom stereocenters. The topological polar surface area (TPSA) is 19.4 Å². The second-order valence-electron chi connectivity index (χ2n) is 5.36. The highest BCUT2D eigenvalue weighted by atomic mass is 35.5. The zero-order chi connectivity index (χ0) is 15.5. The quantitative estimate of drug-likeness (QED) is 0.792. The summed E-state index contributed by atoms with van der Waals surface area (Å²) in [4.78, 5) is 8.58. The van der Waals surface area contributed by atoms with E-state index in [4.69, 9.17) is 23.2 Å². The van der Waals surface area contributed by atoms with Crippen LogP contribution in [-0.4, -0.2) is 36.1 Å². The zero-order valence-corrected chi connectivity index (χ0v) is 13.5. The van der Waals surface area contributed by atoms with E-state index in [0.717, 1.165) is 44.0 Å². The molecule has 0 bridgehead atoms. The van der Waals surface area contributed by atoms with Crippen LogP contribution in [0.2, 0.25) is 10.3 Å². The second-order valence-corrected chi connectivity index (χ2v) is 6.13. The SMILES string of the molecule is Fc1ccc(N2CCN(Cc3cc(Cl)nc(Cl)c3)CC2)cc1. The number of benzene rings is 1. The summed E-state index contributed by atoms with van der Waals surface area (Å²) in [6, 6.07) is 10.4. The van der Waals surface area contributed by atoms with Crippen molar-refractivity contribution in [3.05, 3.63) is 58.1 Å². The third kappa shape index (κ3) is 3.88. The average Bonchev–Trinajstić information content (AvgIpc) is 2.48. The molecule has 3 rings (SSSR count). The van der Waals surface area contributed by atoms with Gasteiger partial charge in [0.25, 0.3) is 0 Å². The molecule has 6 heteroatoms. The van der Waals surface area contributed by atoms with E-state index in [0.29, 0.717) is 10.3 Å². The summed E-state index contributed by atoms with van der Waals surface area (Å²) in [5, 5.41) is 0.847. The number of piperazine rings is 1. The molecule has 0 radical (unpaired) electrons. The van der Waals surface area contributed by atoms with Gasteiger partial charge >= 0.3 is 0 Å². The maximum atomic E-state index is 13.0. The Balaban J connectivity index is 1.58. The van der Waals surface area contributed by atoms with Crippen molar-refractivity contribution in [1.29, 1.82) is 0 Å². The molecule has 0 unspecified atom stereocenters. The van der Waals surface area contributed by atoms with Crippen LogP contribution < -0.4 is 4.90 Å². The summed E-state index contributed by atoms with van der Waals surface area (Å²) in [6.07, 6.45) is 0. The standard InChI is InChI=1S/C16H16Cl2FN3/c17-15-9-12(10-16(18)20-15)11-21-5-7-22(8-6-21)14-3-1-13(19)2-4-14/h1-4,9-10H,5-8,11H2. The Bertz CT molecular complexity index is 620. The Morgan fingerprint density at radius 1 is 0.955 bits per heavy atom. The van der Waals surface area contributed by atoms with Crippen molar-refractivity contribution in [3.63, 3.8) is 0 Å². The molecule has 3 nitrogen and oxygen atoms in total. The highest BCUT2D eigenvalue weighted by molar-refractivity contribution is 6.32. The van der Waals surface area contributed by atoms with Crippen LogP contribution in [-0.2, 0) is 6.54 Å². The molecule has 22 heavy (non-hydrogen) atoms. The molecule has 2 aromatic rings. The number of halogens is 3. The van der Waals surface area contributed by atoms with Crippen molar-refractivity contribution in [1.82, 2.24) is 9.88 Å². The molecular weight excluding hydrogens is 324 g/mol. The van der Waals surface area contributed by atoms with Crippen molar-refractivity contribution in [2.75, 3.05) is 31.1 Å². The van der Waals surface area contributed by atoms with Crippen LogP contribution in [0.15, 0.2) is 36.4 Å². The van der Waals surface area contributed by atoms with Crippen molar-refractivity contribution >= 4 is 28.9 Å². The summed E-state index contributed by atoms with van der Waals surface area (Å²) >= 11 is 11.9. The van der Waals surface area contributed by atoms with Crippen LogP contribution in [0.25, 0.3) is 0 Å². The number of pyridine rings is 1. The van der Waals surface area contributed by atoms with Gasteiger partial charge in [-0.1, -0.05) is 23.2 Å². The highest BCUT2D eigenvalue weighted by Gasteiger charge is 2.17. The van der Waals surface area contributed by atoms with Gasteiger partial charge in [0, 0.05) is 38.4 Å². The lowest BCUT2D eigenvalue weighted by Gasteiger charge is -2.36. The third-order valence-electron chi connectivity index (χ3n) is 3.79. The van der Waals surface area contributed by atoms with E-state index < -0.39 is 0 Å². The fourth-order valence-electron chi connectivity index (χ4n) is 2.68. The van der Waals surface area contributed by atoms with Gasteiger partial charge in [-0.05, 0) is 42.0 Å². The summed E-state index contributed by atoms with van der Waals surface area (Å²) in [7, 11) is 0. The lowest BCUT2D eigenvalue weighted by atomic mass is 10.2. The summed E-state index contributed by atoms with van der Waals surface area (Å²) in [5.74, 6) is -0.200. The Hall–Kier alpha value is -1.36. The molecule has 0 spiro atoms. The molecule has 1 saturated heterocycles. The van der Waals surface area contributed by atoms with E-state index >= 15 is 0 Å². The van der Waals surface area contributed by atoms with Gasteiger partial charge in [0.2, 0.25) is 0 Å². The molecule has 1 aromatic carbocycles. The van der Waals surface area contributed by atoms with Gasteiger partial charge in [0.05, 0.1) is 0 Å². The first-order valence-electron chi connectivity index (χ1n) is 7.15. The molecule has 0 N–H and O–H groups in total. The van der Waals surface area contributed by atoms with E-state index in [-0.39, 0.29) is 5.82 Å². The monoisotopic (exact) mass is 339 g/mol. The first-order chi connectivity index (χ1) is 10.6. The number of nitrogens with zero attached hydrogens (tertiary/aromatic N) is 3. The normalized spacial score (nSPS) is 16.0. The van der Waals surface area contributed by atoms with Crippen LogP contribution >= 0.6 is 23.2 Å². The fourth-order valence-corrected chi connectivity index (χ4v) is 3.19. The van der Waals surface area contributed by atoms with E-state index in [1.165, 1.54) is 12.1 Å². The van der Waals surface area contributed by atoms with Gasteiger partial charge in [0.15, 0.2) is 0 Å². The Labute approximate surface area is 139 Å². The smallest absolute Gasteiger partial charge is 0.131 e. The lowest BCUT2D eigenvalue weighted by molar-refractivity contribution is 0.250. The third-order valence-corrected chi connectivity index (χ3v) is 4.18. The maximum absolute atomic E-state index is 13.0. The molecular formula is C16H16Cl2FN3. The molecule has 1 aromatic heterocycles. The molecule has 116 valence electrons. The van der Waals surface area contributed by atoms with Gasteiger partial charge in [-0.2, -0.15) is 0 Å². The Morgan fingerprint density at radius 3 is 2.14 bits per heavy atom. The molecule has 0 saturated carbocycles. The molecule has 0 aliphatic carbocycles. The zero-order valence-electron chi connectivity index (χ0n) is 12.0. The molecule has 1 fully saturated rings. The lowest BCUT2D eigenvalue weighted by Crippen LogP contribution is -2.45. The predicted molar refractivity (Wildman–Crippen MR) is 88.1 cm³/mol. The number of aromatic nitrogens is 1. The second kappa shape index (κ2) is 6.82. The Morgan fingerprint density at radius 2 is 1.55 bits per heavy atom. The summed E-state index contributed by atoms with van der Waals surface area (Å²) < 4.78 is 13.0. The largest absolute Gasteiger partial charge is 0.369 e. The average molecular weight is 340 g/mol. The van der Waals surface area contributed by atoms with E-state index in [1.54, 1.807) is 0 Å². The van der Waals surface area contributed by atoms with E-state index in [1.807, 2.05) is 24.3 Å². The maximum Gasteiger partial charge on any atom is 0.131 e. The number of hydrogen-bond acceptors (Lipinski definition) is 3. The minimum absolute atomic E-state index is 0.200. The van der Waals surface area contributed by atoms with E-state index in [9.17, 15) is 4.39 Å². The van der Waals surface area contributed by atoms with Crippen LogP contribution in [0.5, 0.6) is 0 Å². The highest BCUT2D eigenvalue weighted by Crippen LogP contribution is 2.20. The first-order valence-corrected chi connectivity index (χ1v) is 7.90. The molecule has 1 aliphatic heterocycles. The van der Waals surface area contributed by atoms with Crippen molar-refractivity contribution < 1.29 is 4.39 Å². The first kappa shape index (κ1) is 15.5. The van der Waals surface area contributed by atoms with Crippen LogP contribution in [0.4, 0.5) is 10.1 Å². The van der Waals surface area contributed by atoms with Crippen molar-refractivity contribution in [3.8, 4) is 0 Å². The number of anilines is 1. The van der Waals surface area contributed by atoms with Gasteiger partial charge in [0.1, 0.15) is 16.1 Å². The number of hydrogen-bond donors (Lipinski definition) is 0. The van der Waals surface area contributed by atoms with Crippen molar-refractivity contribution in [2.24, 2.45) is 0 Å². The van der Waals surface area contributed by atoms with Crippen molar-refractivity contribution in [2.45, 2.75) is 6.54 Å². The minimum atomic E-state index is -0.200. The van der Waals surface area contributed by atoms with Crippen LogP contribution in [0, 0.1) is 5.82 Å². The van der Waals surface area contributed by atoms with Gasteiger partial charge in [-0.25, -0.2) is 9.37 Å². The van der Waals surface area contributed by atoms with Crippen LogP contribution in [0.1, 0.15) is 5.56 Å². The predicted octanol–water partition coefficient (Wildman–Crippen LogP) is 3.85. The molecule has 1 aliphatic rings. The summed E-state index contributed by atoms with van der Waals surface area (Å²) in [6.45, 7) is 4.51. The summed E-state index contributed by atoms with van der Waals surface area (Å²) in [5.41, 5.74) is 2.14. The van der Waals surface area contributed by atoms with Gasteiger partial charge in [-0.3, -0.25) is 4.90 Å². The molecule has 2 heterocycles. The van der Waals surface area contributed by atoms with Gasteiger partial charge < -0.3 is 4.90 Å². The minimum Gasteiger partial charge on any atom is -0.369 e. The molecule has 0 amide bonds. The van der Waals surface area contributed by atoms with Crippen LogP contribution in [0.3, 0.4) is 0 Å². The number of rotatable bonds is 3.